The number of piperazine rings is 1. The monoisotopic (exact) mass is 557 g/mol. The van der Waals surface area contributed by atoms with E-state index in [-0.39, 0.29) is 29.8 Å². The second-order valence-electron chi connectivity index (χ2n) is 7.44. The summed E-state index contributed by atoms with van der Waals surface area (Å²) in [7, 11) is 3.26. The van der Waals surface area contributed by atoms with Crippen molar-refractivity contribution in [2.45, 2.75) is 6.42 Å². The van der Waals surface area contributed by atoms with E-state index in [9.17, 15) is 4.39 Å². The van der Waals surface area contributed by atoms with Gasteiger partial charge in [-0.25, -0.2) is 4.39 Å². The minimum absolute atomic E-state index is 0. The summed E-state index contributed by atoms with van der Waals surface area (Å²) in [6, 6.07) is 12.6. The van der Waals surface area contributed by atoms with Gasteiger partial charge in [0, 0.05) is 45.0 Å². The first-order chi connectivity index (χ1) is 15.1. The molecule has 0 saturated carbocycles. The number of benzene rings is 2. The zero-order valence-electron chi connectivity index (χ0n) is 18.7. The molecule has 3 N–H and O–H groups in total. The number of nitrogens with one attached hydrogen (secondary N) is 1. The number of halogens is 2. The molecule has 0 spiro atoms. The molecule has 32 heavy (non-hydrogen) atoms. The standard InChI is InChI=1S/C23H32FN5O2.HI/c1-30-21-8-3-18(17-22(21)31-2)9-10-26-23(25)27-11-12-28-13-15-29(16-14-28)20-6-4-19(24)5-7-20;/h3-8,17H,9-16H2,1-2H3,(H3,25,26,27);1H. The van der Waals surface area contributed by atoms with Crippen LogP contribution < -0.4 is 25.4 Å². The maximum atomic E-state index is 13.1. The number of hydrogen-bond donors (Lipinski definition) is 2. The van der Waals surface area contributed by atoms with Gasteiger partial charge in [-0.15, -0.1) is 24.0 Å². The fourth-order valence-electron chi connectivity index (χ4n) is 3.62. The molecule has 0 bridgehead atoms. The molecule has 0 unspecified atom stereocenters. The minimum Gasteiger partial charge on any atom is -0.493 e. The second-order valence-corrected chi connectivity index (χ2v) is 7.44. The lowest BCUT2D eigenvalue weighted by atomic mass is 10.1. The number of methoxy groups -OCH3 is 2. The van der Waals surface area contributed by atoms with Crippen LogP contribution in [0.25, 0.3) is 0 Å². The molecule has 1 fully saturated rings. The summed E-state index contributed by atoms with van der Waals surface area (Å²) in [4.78, 5) is 9.10. The molecule has 0 aromatic heterocycles. The van der Waals surface area contributed by atoms with Crippen molar-refractivity contribution < 1.29 is 13.9 Å². The normalized spacial score (nSPS) is 14.6. The highest BCUT2D eigenvalue weighted by molar-refractivity contribution is 14.0. The van der Waals surface area contributed by atoms with Crippen molar-refractivity contribution in [1.82, 2.24) is 10.2 Å². The molecule has 9 heteroatoms. The number of nitrogens with zero attached hydrogens (tertiary/aromatic N) is 3. The van der Waals surface area contributed by atoms with E-state index in [4.69, 9.17) is 15.2 Å². The SMILES string of the molecule is COc1ccc(CCNC(N)=NCCN2CCN(c3ccc(F)cc3)CC2)cc1OC.I. The van der Waals surface area contributed by atoms with E-state index in [1.54, 1.807) is 14.2 Å². The van der Waals surface area contributed by atoms with Crippen LogP contribution in [0.15, 0.2) is 47.5 Å². The van der Waals surface area contributed by atoms with Crippen LogP contribution in [0.4, 0.5) is 10.1 Å². The van der Waals surface area contributed by atoms with Gasteiger partial charge in [-0.3, -0.25) is 9.89 Å². The fraction of sp³-hybridized carbons (Fsp3) is 0.435. The van der Waals surface area contributed by atoms with Crippen LogP contribution in [0.1, 0.15) is 5.56 Å². The van der Waals surface area contributed by atoms with Crippen molar-refractivity contribution >= 4 is 35.6 Å². The predicted molar refractivity (Wildman–Crippen MR) is 138 cm³/mol. The van der Waals surface area contributed by atoms with Gasteiger partial charge in [0.1, 0.15) is 5.82 Å². The zero-order chi connectivity index (χ0) is 22.1. The van der Waals surface area contributed by atoms with E-state index < -0.39 is 0 Å². The van der Waals surface area contributed by atoms with Crippen LogP contribution in [-0.2, 0) is 6.42 Å². The van der Waals surface area contributed by atoms with Crippen LogP contribution >= 0.6 is 24.0 Å². The smallest absolute Gasteiger partial charge is 0.188 e. The summed E-state index contributed by atoms with van der Waals surface area (Å²) < 4.78 is 23.7. The van der Waals surface area contributed by atoms with Gasteiger partial charge in [0.25, 0.3) is 0 Å². The summed E-state index contributed by atoms with van der Waals surface area (Å²) in [5.74, 6) is 1.71. The molecule has 0 amide bonds. The first-order valence-corrected chi connectivity index (χ1v) is 10.6. The van der Waals surface area contributed by atoms with E-state index in [1.165, 1.54) is 12.1 Å². The number of anilines is 1. The van der Waals surface area contributed by atoms with E-state index >= 15 is 0 Å². The van der Waals surface area contributed by atoms with Crippen LogP contribution in [-0.4, -0.2) is 70.9 Å². The molecule has 2 aromatic rings. The van der Waals surface area contributed by atoms with Gasteiger partial charge in [-0.2, -0.15) is 0 Å². The third kappa shape index (κ3) is 7.70. The van der Waals surface area contributed by atoms with E-state index in [1.807, 2.05) is 30.3 Å². The maximum absolute atomic E-state index is 13.1. The van der Waals surface area contributed by atoms with Gasteiger partial charge in [-0.1, -0.05) is 6.07 Å². The average molecular weight is 557 g/mol. The Hall–Kier alpha value is -2.27. The van der Waals surface area contributed by atoms with Crippen LogP contribution in [0.5, 0.6) is 11.5 Å². The van der Waals surface area contributed by atoms with Crippen LogP contribution in [0.3, 0.4) is 0 Å². The van der Waals surface area contributed by atoms with Gasteiger partial charge in [0.05, 0.1) is 20.8 Å². The molecule has 0 atom stereocenters. The van der Waals surface area contributed by atoms with Crippen LogP contribution in [0, 0.1) is 5.82 Å². The Kier molecular flexibility index (Phi) is 10.8. The topological polar surface area (TPSA) is 75.4 Å². The molecule has 0 aliphatic carbocycles. The molecule has 3 rings (SSSR count). The summed E-state index contributed by atoms with van der Waals surface area (Å²) in [5, 5.41) is 3.17. The Balaban J connectivity index is 0.00000363. The van der Waals surface area contributed by atoms with Crippen molar-refractivity contribution in [1.29, 1.82) is 0 Å². The molecule has 1 heterocycles. The molecule has 1 aliphatic heterocycles. The Labute approximate surface area is 206 Å². The van der Waals surface area contributed by atoms with Crippen molar-refractivity contribution in [2.24, 2.45) is 10.7 Å². The first-order valence-electron chi connectivity index (χ1n) is 10.6. The van der Waals surface area contributed by atoms with Crippen molar-refractivity contribution in [3.05, 3.63) is 53.8 Å². The second kappa shape index (κ2) is 13.3. The largest absolute Gasteiger partial charge is 0.493 e. The van der Waals surface area contributed by atoms with Gasteiger partial charge in [0.15, 0.2) is 17.5 Å². The summed E-state index contributed by atoms with van der Waals surface area (Å²) in [5.41, 5.74) is 8.21. The Morgan fingerprint density at radius 2 is 1.72 bits per heavy atom. The van der Waals surface area contributed by atoms with E-state index in [0.717, 1.165) is 61.9 Å². The molecule has 176 valence electrons. The molecule has 7 nitrogen and oxygen atoms in total. The molecule has 0 radical (unpaired) electrons. The first kappa shape index (κ1) is 26.0. The lowest BCUT2D eigenvalue weighted by Gasteiger charge is -2.35. The quantitative estimate of drug-likeness (QED) is 0.281. The molecule has 1 aliphatic rings. The highest BCUT2D eigenvalue weighted by atomic mass is 127. The molecule has 2 aromatic carbocycles. The lowest BCUT2D eigenvalue weighted by molar-refractivity contribution is 0.265. The number of ether oxygens (including phenoxy) is 2. The Morgan fingerprint density at radius 1 is 1.03 bits per heavy atom. The predicted octanol–water partition coefficient (Wildman–Crippen LogP) is 2.73. The highest BCUT2D eigenvalue weighted by Crippen LogP contribution is 2.27. The molecular formula is C23H33FIN5O2. The van der Waals surface area contributed by atoms with Gasteiger partial charge < -0.3 is 25.4 Å². The Bertz CT molecular complexity index is 858. The van der Waals surface area contributed by atoms with E-state index in [2.05, 4.69) is 20.1 Å². The Morgan fingerprint density at radius 3 is 2.38 bits per heavy atom. The third-order valence-electron chi connectivity index (χ3n) is 5.43. The number of nitrogens with two attached hydrogens (primary N) is 1. The third-order valence-corrected chi connectivity index (χ3v) is 5.43. The lowest BCUT2D eigenvalue weighted by Crippen LogP contribution is -2.47. The fourth-order valence-corrected chi connectivity index (χ4v) is 3.62. The summed E-state index contributed by atoms with van der Waals surface area (Å²) in [6.07, 6.45) is 0.807. The summed E-state index contributed by atoms with van der Waals surface area (Å²) >= 11 is 0. The molecule has 1 saturated heterocycles. The number of rotatable bonds is 9. The van der Waals surface area contributed by atoms with Gasteiger partial charge in [-0.05, 0) is 48.4 Å². The van der Waals surface area contributed by atoms with Crippen molar-refractivity contribution in [3.8, 4) is 11.5 Å². The highest BCUT2D eigenvalue weighted by Gasteiger charge is 2.16. The minimum atomic E-state index is -0.199. The number of hydrogen-bond acceptors (Lipinski definition) is 5. The maximum Gasteiger partial charge on any atom is 0.188 e. The van der Waals surface area contributed by atoms with E-state index in [0.29, 0.717) is 19.0 Å². The van der Waals surface area contributed by atoms with Gasteiger partial charge in [0.2, 0.25) is 0 Å². The summed E-state index contributed by atoms with van der Waals surface area (Å²) in [6.45, 7) is 5.99. The average Bonchev–Trinajstić information content (AvgIpc) is 2.80. The number of aliphatic imine (C=N–C) groups is 1. The van der Waals surface area contributed by atoms with Crippen LogP contribution in [0.2, 0.25) is 0 Å². The number of guanidine groups is 1. The van der Waals surface area contributed by atoms with Crippen molar-refractivity contribution in [2.75, 3.05) is 64.9 Å². The zero-order valence-corrected chi connectivity index (χ0v) is 21.1. The van der Waals surface area contributed by atoms with Crippen molar-refractivity contribution in [3.63, 3.8) is 0 Å². The van der Waals surface area contributed by atoms with Gasteiger partial charge >= 0.3 is 0 Å². The molecular weight excluding hydrogens is 524 g/mol.